The van der Waals surface area contributed by atoms with Crippen LogP contribution in [0.4, 0.5) is 18.9 Å². The van der Waals surface area contributed by atoms with E-state index in [0.29, 0.717) is 18.5 Å². The van der Waals surface area contributed by atoms with Crippen molar-refractivity contribution in [2.24, 2.45) is 0 Å². The first-order chi connectivity index (χ1) is 13.1. The minimum Gasteiger partial charge on any atom is -0.488 e. The SMILES string of the molecule is Cc1ccccc1S(=O)(=O)Nc1ccc(C(F)(F)F)c(O[C@@H]2CCN(C)C2)c1. The molecule has 2 aromatic carbocycles. The summed E-state index contributed by atoms with van der Waals surface area (Å²) in [6.45, 7) is 2.88. The summed E-state index contributed by atoms with van der Waals surface area (Å²) in [6.07, 6.45) is -4.38. The minimum absolute atomic E-state index is 0.0117. The van der Waals surface area contributed by atoms with Crippen molar-refractivity contribution in [1.29, 1.82) is 0 Å². The van der Waals surface area contributed by atoms with Crippen LogP contribution < -0.4 is 9.46 Å². The van der Waals surface area contributed by atoms with Gasteiger partial charge in [0.15, 0.2) is 0 Å². The van der Waals surface area contributed by atoms with E-state index in [0.717, 1.165) is 24.7 Å². The predicted octanol–water partition coefficient (Wildman–Crippen LogP) is 3.90. The molecule has 0 radical (unpaired) electrons. The molecule has 28 heavy (non-hydrogen) atoms. The third kappa shape index (κ3) is 4.59. The van der Waals surface area contributed by atoms with Crippen molar-refractivity contribution in [3.63, 3.8) is 0 Å². The molecule has 1 N–H and O–H groups in total. The van der Waals surface area contributed by atoms with Gasteiger partial charge in [-0.15, -0.1) is 0 Å². The fourth-order valence-electron chi connectivity index (χ4n) is 3.16. The second-order valence-electron chi connectivity index (χ2n) is 6.87. The summed E-state index contributed by atoms with van der Waals surface area (Å²) < 4.78 is 73.3. The van der Waals surface area contributed by atoms with E-state index in [1.54, 1.807) is 25.1 Å². The maximum absolute atomic E-state index is 13.4. The molecule has 0 amide bonds. The van der Waals surface area contributed by atoms with Gasteiger partial charge in [-0.25, -0.2) is 8.42 Å². The van der Waals surface area contributed by atoms with Gasteiger partial charge in [-0.2, -0.15) is 13.2 Å². The molecule has 1 atom stereocenters. The summed E-state index contributed by atoms with van der Waals surface area (Å²) in [6, 6.07) is 9.39. The zero-order valence-electron chi connectivity index (χ0n) is 15.5. The normalized spacial score (nSPS) is 18.2. The van der Waals surface area contributed by atoms with Crippen LogP contribution in [0.1, 0.15) is 17.5 Å². The van der Waals surface area contributed by atoms with Gasteiger partial charge in [0, 0.05) is 19.2 Å². The maximum Gasteiger partial charge on any atom is 0.419 e. The van der Waals surface area contributed by atoms with E-state index in [4.69, 9.17) is 4.74 Å². The van der Waals surface area contributed by atoms with E-state index in [2.05, 4.69) is 4.72 Å². The quantitative estimate of drug-likeness (QED) is 0.806. The summed E-state index contributed by atoms with van der Waals surface area (Å²) in [5.41, 5.74) is -0.383. The summed E-state index contributed by atoms with van der Waals surface area (Å²) in [4.78, 5) is 2.03. The van der Waals surface area contributed by atoms with Gasteiger partial charge in [0.2, 0.25) is 0 Å². The first-order valence-electron chi connectivity index (χ1n) is 8.71. The lowest BCUT2D eigenvalue weighted by Crippen LogP contribution is -2.23. The van der Waals surface area contributed by atoms with Crippen LogP contribution in [0.2, 0.25) is 0 Å². The molecule has 9 heteroatoms. The predicted molar refractivity (Wildman–Crippen MR) is 100.0 cm³/mol. The number of nitrogens with one attached hydrogen (secondary N) is 1. The van der Waals surface area contributed by atoms with Crippen molar-refractivity contribution >= 4 is 15.7 Å². The van der Waals surface area contributed by atoms with Crippen LogP contribution in [0.15, 0.2) is 47.4 Å². The van der Waals surface area contributed by atoms with Gasteiger partial charge in [-0.1, -0.05) is 18.2 Å². The number of halogens is 3. The Kier molecular flexibility index (Phi) is 5.58. The number of rotatable bonds is 5. The van der Waals surface area contributed by atoms with E-state index < -0.39 is 21.8 Å². The van der Waals surface area contributed by atoms with Crippen LogP contribution >= 0.6 is 0 Å². The molecule has 0 spiro atoms. The van der Waals surface area contributed by atoms with E-state index in [-0.39, 0.29) is 22.4 Å². The van der Waals surface area contributed by atoms with Crippen molar-refractivity contribution in [3.8, 4) is 5.75 Å². The molecule has 152 valence electrons. The Morgan fingerprint density at radius 3 is 2.50 bits per heavy atom. The summed E-state index contributed by atoms with van der Waals surface area (Å²) in [5, 5.41) is 0. The molecule has 0 unspecified atom stereocenters. The van der Waals surface area contributed by atoms with Crippen molar-refractivity contribution in [1.82, 2.24) is 4.90 Å². The third-order valence-electron chi connectivity index (χ3n) is 4.56. The number of likely N-dealkylation sites (N-methyl/N-ethyl adjacent to an activating group) is 1. The number of alkyl halides is 3. The Hall–Kier alpha value is -2.26. The highest BCUT2D eigenvalue weighted by molar-refractivity contribution is 7.92. The Morgan fingerprint density at radius 1 is 1.18 bits per heavy atom. The van der Waals surface area contributed by atoms with Gasteiger partial charge in [-0.3, -0.25) is 4.72 Å². The van der Waals surface area contributed by atoms with Crippen molar-refractivity contribution < 1.29 is 26.3 Å². The molecule has 1 aliphatic rings. The molecule has 1 aliphatic heterocycles. The highest BCUT2D eigenvalue weighted by Gasteiger charge is 2.36. The molecule has 1 fully saturated rings. The van der Waals surface area contributed by atoms with E-state index >= 15 is 0 Å². The lowest BCUT2D eigenvalue weighted by Gasteiger charge is -2.19. The van der Waals surface area contributed by atoms with Crippen LogP contribution in [-0.4, -0.2) is 39.6 Å². The Morgan fingerprint density at radius 2 is 1.89 bits per heavy atom. The Labute approximate surface area is 162 Å². The first-order valence-corrected chi connectivity index (χ1v) is 10.2. The van der Waals surface area contributed by atoms with Crippen molar-refractivity contribution in [3.05, 3.63) is 53.6 Å². The minimum atomic E-state index is -4.60. The molecular weight excluding hydrogens is 393 g/mol. The molecule has 2 aromatic rings. The van der Waals surface area contributed by atoms with Crippen LogP contribution in [0.3, 0.4) is 0 Å². The molecule has 3 rings (SSSR count). The van der Waals surface area contributed by atoms with Crippen LogP contribution in [0.5, 0.6) is 5.75 Å². The monoisotopic (exact) mass is 414 g/mol. The van der Waals surface area contributed by atoms with Gasteiger partial charge in [0.1, 0.15) is 11.9 Å². The number of hydrogen-bond donors (Lipinski definition) is 1. The lowest BCUT2D eigenvalue weighted by molar-refractivity contribution is -0.139. The van der Waals surface area contributed by atoms with Gasteiger partial charge < -0.3 is 9.64 Å². The molecule has 0 aliphatic carbocycles. The molecule has 0 bridgehead atoms. The number of ether oxygens (including phenoxy) is 1. The number of benzene rings is 2. The maximum atomic E-state index is 13.4. The fraction of sp³-hybridized carbons (Fsp3) is 0.368. The average Bonchev–Trinajstić information content (AvgIpc) is 2.98. The highest BCUT2D eigenvalue weighted by atomic mass is 32.2. The second kappa shape index (κ2) is 7.63. The molecule has 1 heterocycles. The number of hydrogen-bond acceptors (Lipinski definition) is 4. The number of aryl methyl sites for hydroxylation is 1. The molecule has 0 aromatic heterocycles. The topological polar surface area (TPSA) is 58.6 Å². The fourth-order valence-corrected chi connectivity index (χ4v) is 4.45. The molecule has 0 saturated carbocycles. The molecular formula is C19H21F3N2O3S. The summed E-state index contributed by atoms with van der Waals surface area (Å²) in [7, 11) is -2.08. The smallest absolute Gasteiger partial charge is 0.419 e. The Bertz CT molecular complexity index is 961. The standard InChI is InChI=1S/C19H21F3N2O3S/c1-13-5-3-4-6-18(13)28(25,26)23-14-7-8-16(19(20,21)22)17(11-14)27-15-9-10-24(2)12-15/h3-8,11,15,23H,9-10,12H2,1-2H3/t15-/m1/s1. The van der Waals surface area contributed by atoms with Gasteiger partial charge in [0.05, 0.1) is 16.1 Å². The average molecular weight is 414 g/mol. The summed E-state index contributed by atoms with van der Waals surface area (Å²) >= 11 is 0. The number of sulfonamides is 1. The Balaban J connectivity index is 1.92. The van der Waals surface area contributed by atoms with Gasteiger partial charge in [-0.05, 0) is 44.2 Å². The number of nitrogens with zero attached hydrogens (tertiary/aromatic N) is 1. The second-order valence-corrected chi connectivity index (χ2v) is 8.52. The van der Waals surface area contributed by atoms with Crippen LogP contribution in [-0.2, 0) is 16.2 Å². The summed E-state index contributed by atoms with van der Waals surface area (Å²) in [5.74, 6) is -0.377. The number of anilines is 1. The van der Waals surface area contributed by atoms with E-state index in [9.17, 15) is 21.6 Å². The van der Waals surface area contributed by atoms with Crippen LogP contribution in [0, 0.1) is 6.92 Å². The van der Waals surface area contributed by atoms with E-state index in [1.807, 2.05) is 11.9 Å². The zero-order chi connectivity index (χ0) is 20.5. The van der Waals surface area contributed by atoms with Crippen LogP contribution in [0.25, 0.3) is 0 Å². The lowest BCUT2D eigenvalue weighted by atomic mass is 10.1. The van der Waals surface area contributed by atoms with Gasteiger partial charge in [0.25, 0.3) is 10.0 Å². The highest BCUT2D eigenvalue weighted by Crippen LogP contribution is 2.39. The molecule has 1 saturated heterocycles. The van der Waals surface area contributed by atoms with Crippen molar-refractivity contribution in [2.75, 3.05) is 24.9 Å². The first kappa shape index (κ1) is 20.5. The number of likely N-dealkylation sites (tertiary alicyclic amines) is 1. The zero-order valence-corrected chi connectivity index (χ0v) is 16.3. The third-order valence-corrected chi connectivity index (χ3v) is 6.11. The largest absolute Gasteiger partial charge is 0.488 e. The van der Waals surface area contributed by atoms with Gasteiger partial charge >= 0.3 is 6.18 Å². The molecule has 5 nitrogen and oxygen atoms in total. The van der Waals surface area contributed by atoms with Crippen molar-refractivity contribution in [2.45, 2.75) is 30.5 Å². The van der Waals surface area contributed by atoms with E-state index in [1.165, 1.54) is 6.07 Å².